The minimum absolute atomic E-state index is 0.199. The smallest absolute Gasteiger partial charge is 0.276 e. The van der Waals surface area contributed by atoms with Crippen molar-refractivity contribution in [2.24, 2.45) is 0 Å². The van der Waals surface area contributed by atoms with E-state index in [2.05, 4.69) is 15.4 Å². The van der Waals surface area contributed by atoms with Gasteiger partial charge in [-0.2, -0.15) is 5.10 Å². The number of benzene rings is 1. The standard InChI is InChI=1S/C17H15ClN4O2/c1-12-10-13(18)2-3-16(12)24-11-22-9-6-15(21-22)17(23)20-14-4-7-19-8-5-14/h2-10H,11H2,1H3,(H,19,20,23). The molecular formula is C17H15ClN4O2. The molecule has 2 aromatic heterocycles. The van der Waals surface area contributed by atoms with E-state index in [9.17, 15) is 4.79 Å². The lowest BCUT2D eigenvalue weighted by molar-refractivity contribution is 0.102. The third-order valence-corrected chi connectivity index (χ3v) is 3.54. The van der Waals surface area contributed by atoms with Crippen LogP contribution in [0.2, 0.25) is 5.02 Å². The molecule has 0 spiro atoms. The van der Waals surface area contributed by atoms with Crippen molar-refractivity contribution in [2.75, 3.05) is 5.32 Å². The summed E-state index contributed by atoms with van der Waals surface area (Å²) in [6.45, 7) is 2.11. The Morgan fingerprint density at radius 2 is 2.04 bits per heavy atom. The number of carbonyl (C=O) groups is 1. The monoisotopic (exact) mass is 342 g/mol. The third-order valence-electron chi connectivity index (χ3n) is 3.30. The summed E-state index contributed by atoms with van der Waals surface area (Å²) >= 11 is 5.92. The molecule has 0 aliphatic heterocycles. The number of pyridine rings is 1. The van der Waals surface area contributed by atoms with Gasteiger partial charge in [0.05, 0.1) is 0 Å². The Morgan fingerprint density at radius 3 is 2.79 bits per heavy atom. The van der Waals surface area contributed by atoms with Crippen molar-refractivity contribution in [1.82, 2.24) is 14.8 Å². The maximum absolute atomic E-state index is 12.1. The Hall–Kier alpha value is -2.86. The number of aryl methyl sites for hydroxylation is 1. The molecule has 6 nitrogen and oxygen atoms in total. The average Bonchev–Trinajstić information content (AvgIpc) is 3.04. The van der Waals surface area contributed by atoms with E-state index < -0.39 is 0 Å². The van der Waals surface area contributed by atoms with E-state index in [0.717, 1.165) is 11.3 Å². The fourth-order valence-corrected chi connectivity index (χ4v) is 2.32. The zero-order valence-corrected chi connectivity index (χ0v) is 13.7. The van der Waals surface area contributed by atoms with Gasteiger partial charge in [0.25, 0.3) is 5.91 Å². The number of hydrogen-bond acceptors (Lipinski definition) is 4. The molecule has 1 aromatic carbocycles. The highest BCUT2D eigenvalue weighted by Crippen LogP contribution is 2.22. The first-order valence-corrected chi connectivity index (χ1v) is 7.63. The Bertz CT molecular complexity index is 849. The number of amides is 1. The number of rotatable bonds is 5. The molecule has 0 unspecified atom stereocenters. The van der Waals surface area contributed by atoms with Crippen LogP contribution in [0, 0.1) is 6.92 Å². The van der Waals surface area contributed by atoms with Crippen LogP contribution in [0.15, 0.2) is 55.0 Å². The van der Waals surface area contributed by atoms with E-state index in [1.807, 2.05) is 13.0 Å². The lowest BCUT2D eigenvalue weighted by Crippen LogP contribution is -2.14. The molecular weight excluding hydrogens is 328 g/mol. The summed E-state index contributed by atoms with van der Waals surface area (Å²) in [6.07, 6.45) is 4.90. The van der Waals surface area contributed by atoms with Crippen LogP contribution in [-0.4, -0.2) is 20.7 Å². The SMILES string of the molecule is Cc1cc(Cl)ccc1OCn1ccc(C(=O)Nc2ccncc2)n1. The van der Waals surface area contributed by atoms with Crippen LogP contribution >= 0.6 is 11.6 Å². The summed E-state index contributed by atoms with van der Waals surface area (Å²) in [6, 6.07) is 10.4. The van der Waals surface area contributed by atoms with Crippen molar-refractivity contribution in [2.45, 2.75) is 13.7 Å². The van der Waals surface area contributed by atoms with Crippen LogP contribution in [0.25, 0.3) is 0 Å². The van der Waals surface area contributed by atoms with Crippen LogP contribution in [0.5, 0.6) is 5.75 Å². The molecule has 0 radical (unpaired) electrons. The van der Waals surface area contributed by atoms with Crippen molar-refractivity contribution >= 4 is 23.2 Å². The van der Waals surface area contributed by atoms with Crippen LogP contribution in [0.4, 0.5) is 5.69 Å². The summed E-state index contributed by atoms with van der Waals surface area (Å²) in [7, 11) is 0. The normalized spacial score (nSPS) is 10.4. The topological polar surface area (TPSA) is 69.0 Å². The number of aromatic nitrogens is 3. The fraction of sp³-hybridized carbons (Fsp3) is 0.118. The molecule has 0 saturated heterocycles. The van der Waals surface area contributed by atoms with Gasteiger partial charge < -0.3 is 10.1 Å². The molecule has 3 rings (SSSR count). The second-order valence-electron chi connectivity index (χ2n) is 5.11. The Labute approximate surface area is 144 Å². The van der Waals surface area contributed by atoms with Gasteiger partial charge in [-0.25, -0.2) is 4.68 Å². The summed E-state index contributed by atoms with van der Waals surface area (Å²) in [5, 5.41) is 7.62. The Morgan fingerprint density at radius 1 is 1.25 bits per heavy atom. The van der Waals surface area contributed by atoms with E-state index in [4.69, 9.17) is 16.3 Å². The molecule has 2 heterocycles. The number of hydrogen-bond donors (Lipinski definition) is 1. The van der Waals surface area contributed by atoms with Crippen molar-refractivity contribution in [3.05, 3.63) is 71.3 Å². The summed E-state index contributed by atoms with van der Waals surface area (Å²) in [4.78, 5) is 16.0. The molecule has 24 heavy (non-hydrogen) atoms. The molecule has 0 atom stereocenters. The van der Waals surface area contributed by atoms with Crippen molar-refractivity contribution < 1.29 is 9.53 Å². The molecule has 0 fully saturated rings. The maximum Gasteiger partial charge on any atom is 0.276 e. The van der Waals surface area contributed by atoms with Crippen molar-refractivity contribution in [3.63, 3.8) is 0 Å². The minimum atomic E-state index is -0.289. The third kappa shape index (κ3) is 3.91. The lowest BCUT2D eigenvalue weighted by atomic mass is 10.2. The van der Waals surface area contributed by atoms with Gasteiger partial charge in [-0.1, -0.05) is 11.6 Å². The number of halogens is 1. The first-order valence-electron chi connectivity index (χ1n) is 7.25. The second-order valence-corrected chi connectivity index (χ2v) is 5.55. The fourth-order valence-electron chi connectivity index (χ4n) is 2.10. The van der Waals surface area contributed by atoms with Gasteiger partial charge in [0.2, 0.25) is 0 Å². The number of anilines is 1. The first kappa shape index (κ1) is 16.0. The van der Waals surface area contributed by atoms with Crippen LogP contribution in [-0.2, 0) is 6.73 Å². The first-order chi connectivity index (χ1) is 11.6. The van der Waals surface area contributed by atoms with Gasteiger partial charge in [0.15, 0.2) is 12.4 Å². The van der Waals surface area contributed by atoms with Gasteiger partial charge >= 0.3 is 0 Å². The predicted molar refractivity (Wildman–Crippen MR) is 91.2 cm³/mol. The van der Waals surface area contributed by atoms with E-state index in [1.165, 1.54) is 0 Å². The highest BCUT2D eigenvalue weighted by atomic mass is 35.5. The number of nitrogens with zero attached hydrogens (tertiary/aromatic N) is 3. The van der Waals surface area contributed by atoms with Gasteiger partial charge in [0.1, 0.15) is 5.75 Å². The molecule has 0 aliphatic rings. The number of ether oxygens (including phenoxy) is 1. The largest absolute Gasteiger partial charge is 0.471 e. The Balaban J connectivity index is 1.62. The molecule has 122 valence electrons. The maximum atomic E-state index is 12.1. The van der Waals surface area contributed by atoms with Gasteiger partial charge in [-0.3, -0.25) is 9.78 Å². The molecule has 1 N–H and O–H groups in total. The number of carbonyl (C=O) groups excluding carboxylic acids is 1. The molecule has 0 saturated carbocycles. The predicted octanol–water partition coefficient (Wildman–Crippen LogP) is 3.53. The summed E-state index contributed by atoms with van der Waals surface area (Å²) < 4.78 is 7.24. The quantitative estimate of drug-likeness (QED) is 0.770. The van der Waals surface area contributed by atoms with E-state index in [-0.39, 0.29) is 12.6 Å². The van der Waals surface area contributed by atoms with Crippen molar-refractivity contribution in [1.29, 1.82) is 0 Å². The Kier molecular flexibility index (Phi) is 4.77. The highest BCUT2D eigenvalue weighted by Gasteiger charge is 2.10. The highest BCUT2D eigenvalue weighted by molar-refractivity contribution is 6.30. The van der Waals surface area contributed by atoms with Gasteiger partial charge in [-0.15, -0.1) is 0 Å². The van der Waals surface area contributed by atoms with Crippen LogP contribution < -0.4 is 10.1 Å². The molecule has 0 bridgehead atoms. The van der Waals surface area contributed by atoms with E-state index in [1.54, 1.807) is 53.6 Å². The van der Waals surface area contributed by atoms with Gasteiger partial charge in [0, 0.05) is 29.3 Å². The van der Waals surface area contributed by atoms with Crippen LogP contribution in [0.3, 0.4) is 0 Å². The summed E-state index contributed by atoms with van der Waals surface area (Å²) in [5.41, 5.74) is 1.91. The molecule has 3 aromatic rings. The lowest BCUT2D eigenvalue weighted by Gasteiger charge is -2.09. The van der Waals surface area contributed by atoms with Crippen LogP contribution in [0.1, 0.15) is 16.1 Å². The zero-order chi connectivity index (χ0) is 16.9. The average molecular weight is 343 g/mol. The molecule has 1 amide bonds. The van der Waals surface area contributed by atoms with Gasteiger partial charge in [-0.05, 0) is 48.9 Å². The van der Waals surface area contributed by atoms with E-state index >= 15 is 0 Å². The summed E-state index contributed by atoms with van der Waals surface area (Å²) in [5.74, 6) is 0.431. The molecule has 7 heteroatoms. The van der Waals surface area contributed by atoms with E-state index in [0.29, 0.717) is 16.4 Å². The second kappa shape index (κ2) is 7.14. The number of nitrogens with one attached hydrogen (secondary N) is 1. The molecule has 0 aliphatic carbocycles. The zero-order valence-electron chi connectivity index (χ0n) is 12.9. The van der Waals surface area contributed by atoms with Crippen molar-refractivity contribution in [3.8, 4) is 5.75 Å². The minimum Gasteiger partial charge on any atom is -0.471 e.